The second-order valence-electron chi connectivity index (χ2n) is 6.85. The van der Waals surface area contributed by atoms with Crippen LogP contribution in [0.3, 0.4) is 0 Å². The van der Waals surface area contributed by atoms with Gasteiger partial charge in [0.1, 0.15) is 0 Å². The maximum absolute atomic E-state index is 3.35. The molecule has 2 N–H and O–H groups in total. The van der Waals surface area contributed by atoms with Crippen LogP contribution in [0.25, 0.3) is 28.0 Å². The van der Waals surface area contributed by atoms with Crippen LogP contribution in [0.1, 0.15) is 5.56 Å². The second-order valence-corrected chi connectivity index (χ2v) is 6.85. The molecule has 0 fully saturated rings. The average Bonchev–Trinajstić information content (AvgIpc) is 3.19. The Hall–Kier alpha value is -3.36. The van der Waals surface area contributed by atoms with Gasteiger partial charge in [-0.05, 0) is 39.5 Å². The highest BCUT2D eigenvalue weighted by Gasteiger charge is 2.23. The number of benzene rings is 3. The zero-order valence-corrected chi connectivity index (χ0v) is 14.9. The highest BCUT2D eigenvalue weighted by Crippen LogP contribution is 2.30. The molecule has 0 bridgehead atoms. The first-order valence-corrected chi connectivity index (χ1v) is 9.25. The van der Waals surface area contributed by atoms with Gasteiger partial charge >= 0.3 is 0 Å². The van der Waals surface area contributed by atoms with E-state index in [1.165, 1.54) is 33.4 Å². The molecule has 0 amide bonds. The van der Waals surface area contributed by atoms with E-state index in [2.05, 4.69) is 108 Å². The molecule has 2 heteroatoms. The first-order valence-electron chi connectivity index (χ1n) is 9.25. The Kier molecular flexibility index (Phi) is 3.96. The molecule has 2 aliphatic rings. The Labute approximate surface area is 159 Å². The predicted octanol–water partition coefficient (Wildman–Crippen LogP) is 5.33. The maximum Gasteiger partial charge on any atom is 0.0714 e. The molecule has 130 valence electrons. The van der Waals surface area contributed by atoms with Crippen LogP contribution in [0.2, 0.25) is 0 Å². The highest BCUT2D eigenvalue weighted by atomic mass is 15.4. The molecule has 0 spiro atoms. The Morgan fingerprint density at radius 1 is 0.593 bits per heavy atom. The molecule has 1 atom stereocenters. The van der Waals surface area contributed by atoms with Crippen molar-refractivity contribution in [1.82, 2.24) is 10.9 Å². The van der Waals surface area contributed by atoms with Crippen LogP contribution in [0.5, 0.6) is 0 Å². The lowest BCUT2D eigenvalue weighted by molar-refractivity contribution is 0.656. The molecule has 0 aromatic heterocycles. The van der Waals surface area contributed by atoms with E-state index in [-0.39, 0.29) is 6.04 Å². The summed E-state index contributed by atoms with van der Waals surface area (Å²) in [5.41, 5.74) is 15.3. The molecular formula is C25H20N2. The molecule has 5 rings (SSSR count). The minimum atomic E-state index is 0.249. The molecule has 27 heavy (non-hydrogen) atoms. The summed E-state index contributed by atoms with van der Waals surface area (Å²) in [7, 11) is 0. The van der Waals surface area contributed by atoms with Gasteiger partial charge in [0.05, 0.1) is 11.7 Å². The second kappa shape index (κ2) is 6.75. The zero-order chi connectivity index (χ0) is 18.1. The SMILES string of the molecule is C1=CC2=C(c3cccc(-c4ccc(-c5ccccc5)cc4)c3)NNC2C=C1. The van der Waals surface area contributed by atoms with Gasteiger partial charge in [-0.1, -0.05) is 97.1 Å². The smallest absolute Gasteiger partial charge is 0.0714 e. The highest BCUT2D eigenvalue weighted by molar-refractivity contribution is 5.78. The van der Waals surface area contributed by atoms with Crippen molar-refractivity contribution in [3.05, 3.63) is 114 Å². The Bertz CT molecular complexity index is 1060. The third-order valence-electron chi connectivity index (χ3n) is 5.14. The molecule has 0 saturated heterocycles. The lowest BCUT2D eigenvalue weighted by atomic mass is 9.95. The normalized spacial score (nSPS) is 17.7. The van der Waals surface area contributed by atoms with Crippen LogP contribution in [0.15, 0.2) is 109 Å². The van der Waals surface area contributed by atoms with E-state index in [9.17, 15) is 0 Å². The minimum absolute atomic E-state index is 0.249. The van der Waals surface area contributed by atoms with E-state index in [4.69, 9.17) is 0 Å². The molecule has 0 radical (unpaired) electrons. The van der Waals surface area contributed by atoms with Crippen molar-refractivity contribution >= 4 is 5.70 Å². The third-order valence-corrected chi connectivity index (χ3v) is 5.14. The number of allylic oxidation sites excluding steroid dienone is 2. The molecule has 1 unspecified atom stereocenters. The van der Waals surface area contributed by atoms with Crippen molar-refractivity contribution in [3.63, 3.8) is 0 Å². The van der Waals surface area contributed by atoms with Crippen molar-refractivity contribution in [2.75, 3.05) is 0 Å². The summed E-state index contributed by atoms with van der Waals surface area (Å²) in [4.78, 5) is 0. The fraction of sp³-hybridized carbons (Fsp3) is 0.0400. The van der Waals surface area contributed by atoms with Crippen LogP contribution < -0.4 is 10.9 Å². The maximum atomic E-state index is 3.35. The van der Waals surface area contributed by atoms with E-state index >= 15 is 0 Å². The third kappa shape index (κ3) is 3.01. The van der Waals surface area contributed by atoms with E-state index in [0.717, 1.165) is 5.70 Å². The van der Waals surface area contributed by atoms with E-state index in [1.54, 1.807) is 0 Å². The van der Waals surface area contributed by atoms with Gasteiger partial charge in [0.2, 0.25) is 0 Å². The Morgan fingerprint density at radius 2 is 1.26 bits per heavy atom. The first kappa shape index (κ1) is 15.9. The number of hydrogen-bond acceptors (Lipinski definition) is 2. The summed E-state index contributed by atoms with van der Waals surface area (Å²) >= 11 is 0. The summed E-state index contributed by atoms with van der Waals surface area (Å²) in [5, 5.41) is 0. The fourth-order valence-electron chi connectivity index (χ4n) is 3.71. The van der Waals surface area contributed by atoms with Gasteiger partial charge in [-0.2, -0.15) is 0 Å². The molecule has 1 heterocycles. The van der Waals surface area contributed by atoms with Crippen molar-refractivity contribution in [2.24, 2.45) is 0 Å². The van der Waals surface area contributed by atoms with E-state index in [1.807, 2.05) is 6.07 Å². The molecule has 2 nitrogen and oxygen atoms in total. The van der Waals surface area contributed by atoms with Crippen LogP contribution in [-0.4, -0.2) is 6.04 Å². The molecule has 3 aromatic carbocycles. The average molecular weight is 348 g/mol. The lowest BCUT2D eigenvalue weighted by Gasteiger charge is -2.10. The van der Waals surface area contributed by atoms with Crippen LogP contribution in [0, 0.1) is 0 Å². The summed E-state index contributed by atoms with van der Waals surface area (Å²) in [5.74, 6) is 0. The number of nitrogens with one attached hydrogen (secondary N) is 2. The van der Waals surface area contributed by atoms with E-state index in [0.29, 0.717) is 0 Å². The molecule has 1 aliphatic heterocycles. The number of fused-ring (bicyclic) bond motifs is 1. The topological polar surface area (TPSA) is 24.1 Å². The summed E-state index contributed by atoms with van der Waals surface area (Å²) in [6.07, 6.45) is 8.51. The fourth-order valence-corrected chi connectivity index (χ4v) is 3.71. The number of rotatable bonds is 3. The summed E-state index contributed by atoms with van der Waals surface area (Å²) < 4.78 is 0. The molecule has 0 saturated carbocycles. The predicted molar refractivity (Wildman–Crippen MR) is 113 cm³/mol. The van der Waals surface area contributed by atoms with Crippen molar-refractivity contribution in [1.29, 1.82) is 0 Å². The van der Waals surface area contributed by atoms with Crippen molar-refractivity contribution in [3.8, 4) is 22.3 Å². The number of hydrazine groups is 1. The number of hydrogen-bond donors (Lipinski definition) is 2. The minimum Gasteiger partial charge on any atom is -0.320 e. The van der Waals surface area contributed by atoms with Gasteiger partial charge in [0, 0.05) is 0 Å². The van der Waals surface area contributed by atoms with Gasteiger partial charge in [-0.3, -0.25) is 0 Å². The summed E-state index contributed by atoms with van der Waals surface area (Å²) in [6.45, 7) is 0. The van der Waals surface area contributed by atoms with Gasteiger partial charge in [-0.15, -0.1) is 0 Å². The largest absolute Gasteiger partial charge is 0.320 e. The molecular weight excluding hydrogens is 328 g/mol. The Morgan fingerprint density at radius 3 is 2.07 bits per heavy atom. The van der Waals surface area contributed by atoms with Crippen molar-refractivity contribution < 1.29 is 0 Å². The monoisotopic (exact) mass is 348 g/mol. The van der Waals surface area contributed by atoms with Gasteiger partial charge < -0.3 is 5.43 Å². The van der Waals surface area contributed by atoms with Crippen LogP contribution in [-0.2, 0) is 0 Å². The first-order chi connectivity index (χ1) is 13.4. The lowest BCUT2D eigenvalue weighted by Crippen LogP contribution is -2.31. The van der Waals surface area contributed by atoms with E-state index < -0.39 is 0 Å². The zero-order valence-electron chi connectivity index (χ0n) is 14.9. The van der Waals surface area contributed by atoms with Gasteiger partial charge in [-0.25, -0.2) is 5.43 Å². The Balaban J connectivity index is 1.48. The molecule has 1 aliphatic carbocycles. The van der Waals surface area contributed by atoms with Crippen LogP contribution >= 0.6 is 0 Å². The standard InChI is InChI=1S/C25H20N2/c1-2-7-18(8-3-1)19-13-15-20(16-14-19)21-9-6-10-22(17-21)25-23-11-4-5-12-24(23)26-27-25/h1-17,24,26-27H. The summed E-state index contributed by atoms with van der Waals surface area (Å²) in [6, 6.07) is 28.2. The van der Waals surface area contributed by atoms with Crippen molar-refractivity contribution in [2.45, 2.75) is 6.04 Å². The molecule has 3 aromatic rings. The van der Waals surface area contributed by atoms with Crippen LogP contribution in [0.4, 0.5) is 0 Å². The van der Waals surface area contributed by atoms with Gasteiger partial charge in [0.15, 0.2) is 0 Å². The quantitative estimate of drug-likeness (QED) is 0.668. The van der Waals surface area contributed by atoms with Gasteiger partial charge in [0.25, 0.3) is 0 Å².